The Bertz CT molecular complexity index is 772. The van der Waals surface area contributed by atoms with Crippen molar-refractivity contribution >= 4 is 33.3 Å². The summed E-state index contributed by atoms with van der Waals surface area (Å²) in [7, 11) is 0. The van der Waals surface area contributed by atoms with E-state index in [1.807, 2.05) is 6.07 Å². The summed E-state index contributed by atoms with van der Waals surface area (Å²) < 4.78 is 1.12. The zero-order valence-corrected chi connectivity index (χ0v) is 16.4. The molecule has 0 radical (unpaired) electrons. The van der Waals surface area contributed by atoms with Crippen LogP contribution in [-0.2, 0) is 0 Å². The summed E-state index contributed by atoms with van der Waals surface area (Å²) in [5.41, 5.74) is 10.8. The number of aliphatic imine (C=N–C) groups is 1. The lowest BCUT2D eigenvalue weighted by atomic mass is 10.1. The molecule has 1 aliphatic heterocycles. The number of nitrogens with one attached hydrogen (secondary N) is 1. The zero-order chi connectivity index (χ0) is 17.8. The molecule has 1 fully saturated rings. The number of nitrogens with two attached hydrogens (primary N) is 1. The van der Waals surface area contributed by atoms with Gasteiger partial charge in [-0.05, 0) is 67.6 Å². The number of hydrogen-bond donors (Lipinski definition) is 2. The number of hydrogen-bond acceptors (Lipinski definition) is 2. The van der Waals surface area contributed by atoms with E-state index >= 15 is 0 Å². The third kappa shape index (κ3) is 4.75. The minimum absolute atomic E-state index is 0.490. The van der Waals surface area contributed by atoms with Crippen molar-refractivity contribution in [2.24, 2.45) is 16.6 Å². The van der Waals surface area contributed by atoms with E-state index in [-0.39, 0.29) is 0 Å². The third-order valence-corrected chi connectivity index (χ3v) is 5.25. The van der Waals surface area contributed by atoms with Crippen molar-refractivity contribution in [1.29, 1.82) is 0 Å². The van der Waals surface area contributed by atoms with Crippen molar-refractivity contribution in [3.63, 3.8) is 0 Å². The first-order chi connectivity index (χ1) is 12.0. The molecule has 0 spiro atoms. The first kappa shape index (κ1) is 17.8. The van der Waals surface area contributed by atoms with Crippen LogP contribution in [0.4, 0.5) is 11.4 Å². The largest absolute Gasteiger partial charge is 0.371 e. The molecule has 0 amide bonds. The average molecular weight is 401 g/mol. The molecule has 1 saturated heterocycles. The average Bonchev–Trinajstić information content (AvgIpc) is 3.05. The van der Waals surface area contributed by atoms with Crippen molar-refractivity contribution in [1.82, 2.24) is 0 Å². The van der Waals surface area contributed by atoms with Crippen LogP contribution in [0.1, 0.15) is 17.5 Å². The molecule has 1 heterocycles. The molecular weight excluding hydrogens is 376 g/mol. The minimum Gasteiger partial charge on any atom is -0.371 e. The van der Waals surface area contributed by atoms with E-state index in [0.717, 1.165) is 36.2 Å². The van der Waals surface area contributed by atoms with Crippen molar-refractivity contribution < 1.29 is 0 Å². The fourth-order valence-corrected chi connectivity index (χ4v) is 3.51. The van der Waals surface area contributed by atoms with Crippen molar-refractivity contribution in [2.75, 3.05) is 29.9 Å². The standard InChI is InChI=1S/C20H25BrN4/c1-14-6-7-18(10-15(14)2)24-20(22)23-12-16-8-9-25(13-16)19-5-3-4-17(21)11-19/h3-7,10-11,16H,8-9,12-13H2,1-2H3,(H3,22,23,24). The Morgan fingerprint density at radius 3 is 2.84 bits per heavy atom. The molecule has 3 N–H and O–H groups in total. The second-order valence-electron chi connectivity index (χ2n) is 6.73. The molecule has 0 bridgehead atoms. The van der Waals surface area contributed by atoms with Gasteiger partial charge in [-0.3, -0.25) is 4.99 Å². The predicted octanol–water partition coefficient (Wildman–Crippen LogP) is 4.32. The van der Waals surface area contributed by atoms with E-state index < -0.39 is 0 Å². The number of rotatable bonds is 4. The summed E-state index contributed by atoms with van der Waals surface area (Å²) in [6.45, 7) is 7.06. The number of aryl methyl sites for hydroxylation is 2. The fraction of sp³-hybridized carbons (Fsp3) is 0.350. The summed E-state index contributed by atoms with van der Waals surface area (Å²) in [6.07, 6.45) is 1.15. The monoisotopic (exact) mass is 400 g/mol. The Balaban J connectivity index is 1.54. The summed E-state index contributed by atoms with van der Waals surface area (Å²) in [6, 6.07) is 14.7. The van der Waals surface area contributed by atoms with Crippen molar-refractivity contribution in [3.8, 4) is 0 Å². The smallest absolute Gasteiger partial charge is 0.193 e. The van der Waals surface area contributed by atoms with Gasteiger partial charge in [0.25, 0.3) is 0 Å². The highest BCUT2D eigenvalue weighted by molar-refractivity contribution is 9.10. The quantitative estimate of drug-likeness (QED) is 0.593. The molecule has 4 nitrogen and oxygen atoms in total. The van der Waals surface area contributed by atoms with Crippen LogP contribution in [0.3, 0.4) is 0 Å². The van der Waals surface area contributed by atoms with E-state index in [1.165, 1.54) is 16.8 Å². The van der Waals surface area contributed by atoms with Crippen LogP contribution in [0.2, 0.25) is 0 Å². The maximum Gasteiger partial charge on any atom is 0.193 e. The molecule has 1 aliphatic rings. The summed E-state index contributed by atoms with van der Waals surface area (Å²) in [4.78, 5) is 6.96. The first-order valence-electron chi connectivity index (χ1n) is 8.66. The highest BCUT2D eigenvalue weighted by atomic mass is 79.9. The second kappa shape index (κ2) is 7.91. The second-order valence-corrected chi connectivity index (χ2v) is 7.65. The normalized spacial score (nSPS) is 17.8. The van der Waals surface area contributed by atoms with Gasteiger partial charge in [0.05, 0.1) is 0 Å². The molecule has 132 valence electrons. The highest BCUT2D eigenvalue weighted by Gasteiger charge is 2.22. The molecule has 0 aliphatic carbocycles. The van der Waals surface area contributed by atoms with Crippen LogP contribution in [-0.4, -0.2) is 25.6 Å². The Morgan fingerprint density at radius 1 is 1.24 bits per heavy atom. The van der Waals surface area contributed by atoms with E-state index in [0.29, 0.717) is 11.9 Å². The highest BCUT2D eigenvalue weighted by Crippen LogP contribution is 2.26. The lowest BCUT2D eigenvalue weighted by Crippen LogP contribution is -2.25. The van der Waals surface area contributed by atoms with Gasteiger partial charge in [-0.25, -0.2) is 0 Å². The molecule has 25 heavy (non-hydrogen) atoms. The minimum atomic E-state index is 0.490. The maximum absolute atomic E-state index is 6.06. The van der Waals surface area contributed by atoms with Gasteiger partial charge in [-0.2, -0.15) is 0 Å². The predicted molar refractivity (Wildman–Crippen MR) is 110 cm³/mol. The SMILES string of the molecule is Cc1ccc(NC(N)=NCC2CCN(c3cccc(Br)c3)C2)cc1C. The lowest BCUT2D eigenvalue weighted by Gasteiger charge is -2.18. The molecule has 0 saturated carbocycles. The van der Waals surface area contributed by atoms with Crippen LogP contribution >= 0.6 is 15.9 Å². The first-order valence-corrected chi connectivity index (χ1v) is 9.45. The number of guanidine groups is 1. The molecule has 3 rings (SSSR count). The Hall–Kier alpha value is -2.01. The molecule has 1 atom stereocenters. The van der Waals surface area contributed by atoms with Gasteiger partial charge in [0.15, 0.2) is 5.96 Å². The van der Waals surface area contributed by atoms with Crippen molar-refractivity contribution in [2.45, 2.75) is 20.3 Å². The van der Waals surface area contributed by atoms with E-state index in [4.69, 9.17) is 5.73 Å². The Labute approximate surface area is 158 Å². The van der Waals surface area contributed by atoms with E-state index in [2.05, 4.69) is 81.4 Å². The van der Waals surface area contributed by atoms with Crippen LogP contribution in [0, 0.1) is 19.8 Å². The van der Waals surface area contributed by atoms with Crippen molar-refractivity contribution in [3.05, 3.63) is 58.1 Å². The molecule has 5 heteroatoms. The summed E-state index contributed by atoms with van der Waals surface area (Å²) >= 11 is 3.54. The van der Waals surface area contributed by atoms with Gasteiger partial charge in [0.2, 0.25) is 0 Å². The van der Waals surface area contributed by atoms with E-state index in [9.17, 15) is 0 Å². The van der Waals surface area contributed by atoms with Crippen LogP contribution in [0.5, 0.6) is 0 Å². The molecule has 1 unspecified atom stereocenters. The number of nitrogens with zero attached hydrogens (tertiary/aromatic N) is 2. The fourth-order valence-electron chi connectivity index (χ4n) is 3.12. The lowest BCUT2D eigenvalue weighted by molar-refractivity contribution is 0.603. The molecule has 2 aromatic rings. The van der Waals surface area contributed by atoms with E-state index in [1.54, 1.807) is 0 Å². The third-order valence-electron chi connectivity index (χ3n) is 4.76. The zero-order valence-electron chi connectivity index (χ0n) is 14.8. The molecular formula is C20H25BrN4. The summed E-state index contributed by atoms with van der Waals surface area (Å²) in [5.74, 6) is 1.03. The topological polar surface area (TPSA) is 53.6 Å². The molecule has 2 aromatic carbocycles. The Morgan fingerprint density at radius 2 is 2.08 bits per heavy atom. The molecule has 0 aromatic heterocycles. The van der Waals surface area contributed by atoms with Gasteiger partial charge in [0, 0.05) is 35.5 Å². The van der Waals surface area contributed by atoms with Crippen LogP contribution in [0.15, 0.2) is 51.9 Å². The van der Waals surface area contributed by atoms with Gasteiger partial charge >= 0.3 is 0 Å². The van der Waals surface area contributed by atoms with Crippen LogP contribution in [0.25, 0.3) is 0 Å². The summed E-state index contributed by atoms with van der Waals surface area (Å²) in [5, 5.41) is 3.19. The van der Waals surface area contributed by atoms with Gasteiger partial charge in [-0.1, -0.05) is 28.1 Å². The van der Waals surface area contributed by atoms with Gasteiger partial charge < -0.3 is 16.0 Å². The number of benzene rings is 2. The number of halogens is 1. The Kier molecular flexibility index (Phi) is 5.63. The maximum atomic E-state index is 6.06. The number of anilines is 2. The van der Waals surface area contributed by atoms with Gasteiger partial charge in [0.1, 0.15) is 0 Å². The van der Waals surface area contributed by atoms with Gasteiger partial charge in [-0.15, -0.1) is 0 Å². The van der Waals surface area contributed by atoms with Crippen LogP contribution < -0.4 is 16.0 Å².